The number of nitro groups is 1. The van der Waals surface area contributed by atoms with E-state index in [9.17, 15) is 10.1 Å². The zero-order valence-electron chi connectivity index (χ0n) is 8.54. The van der Waals surface area contributed by atoms with E-state index >= 15 is 0 Å². The molecule has 3 nitrogen and oxygen atoms in total. The van der Waals surface area contributed by atoms with Gasteiger partial charge in [-0.1, -0.05) is 55.1 Å². The Balaban J connectivity index is 2.23. The van der Waals surface area contributed by atoms with Crippen LogP contribution in [0.2, 0.25) is 0 Å². The molecule has 16 heavy (non-hydrogen) atoms. The maximum Gasteiger partial charge on any atom is 0.286 e. The molecule has 0 saturated carbocycles. The lowest BCUT2D eigenvalue weighted by atomic mass is 9.97. The van der Waals surface area contributed by atoms with Crippen molar-refractivity contribution in [2.75, 3.05) is 0 Å². The van der Waals surface area contributed by atoms with E-state index in [4.69, 9.17) is 0 Å². The zero-order chi connectivity index (χ0) is 11.6. The van der Waals surface area contributed by atoms with Gasteiger partial charge in [-0.15, -0.1) is 0 Å². The van der Waals surface area contributed by atoms with Crippen LogP contribution in [-0.2, 0) is 0 Å². The van der Waals surface area contributed by atoms with Gasteiger partial charge < -0.3 is 0 Å². The predicted molar refractivity (Wildman–Crippen MR) is 66.9 cm³/mol. The first kappa shape index (κ1) is 11.0. The number of nitrogens with zero attached hydrogens (tertiary/aromatic N) is 1. The van der Waals surface area contributed by atoms with Gasteiger partial charge in [-0.3, -0.25) is 10.1 Å². The highest BCUT2D eigenvalue weighted by molar-refractivity contribution is 7.81. The van der Waals surface area contributed by atoms with Gasteiger partial charge in [-0.25, -0.2) is 0 Å². The van der Waals surface area contributed by atoms with Crippen LogP contribution in [0.15, 0.2) is 48.6 Å². The van der Waals surface area contributed by atoms with Gasteiger partial charge in [0.15, 0.2) is 0 Å². The molecule has 0 fully saturated rings. The summed E-state index contributed by atoms with van der Waals surface area (Å²) in [6.45, 7) is 0. The molecule has 0 aliphatic heterocycles. The minimum absolute atomic E-state index is 0.309. The molecule has 0 bridgehead atoms. The van der Waals surface area contributed by atoms with Crippen molar-refractivity contribution in [3.05, 3.63) is 64.2 Å². The van der Waals surface area contributed by atoms with E-state index < -0.39 is 4.87 Å². The summed E-state index contributed by atoms with van der Waals surface area (Å²) in [5.41, 5.74) is 2.07. The first-order chi connectivity index (χ1) is 7.62. The normalized spacial score (nSPS) is 23.9. The maximum absolute atomic E-state index is 10.8. The van der Waals surface area contributed by atoms with E-state index in [-0.39, 0.29) is 4.92 Å². The molecule has 0 heterocycles. The van der Waals surface area contributed by atoms with Crippen LogP contribution in [0.5, 0.6) is 0 Å². The molecule has 82 valence electrons. The Morgan fingerprint density at radius 2 is 2.00 bits per heavy atom. The lowest BCUT2D eigenvalue weighted by molar-refractivity contribution is -0.523. The van der Waals surface area contributed by atoms with Crippen LogP contribution in [0.3, 0.4) is 0 Å². The van der Waals surface area contributed by atoms with E-state index in [1.165, 1.54) is 0 Å². The Labute approximate surface area is 99.0 Å². The van der Waals surface area contributed by atoms with Crippen molar-refractivity contribution >= 4 is 18.2 Å². The molecule has 0 radical (unpaired) electrons. The number of hydrogen-bond acceptors (Lipinski definition) is 3. The van der Waals surface area contributed by atoms with Crippen molar-refractivity contribution in [1.29, 1.82) is 0 Å². The summed E-state index contributed by atoms with van der Waals surface area (Å²) in [7, 11) is 0. The largest absolute Gasteiger partial charge is 0.286 e. The van der Waals surface area contributed by atoms with Crippen molar-refractivity contribution in [3.8, 4) is 0 Å². The molecule has 0 spiro atoms. The summed E-state index contributed by atoms with van der Waals surface area (Å²) in [5.74, 6) is 0. The standard InChI is InChI=1S/C12H11NO2S/c14-13(15)12(16)8-6-11(7-9-12)10-4-2-1-3-5-10/h1-8,16H,9H2. The Hall–Kier alpha value is -1.55. The van der Waals surface area contributed by atoms with E-state index in [2.05, 4.69) is 12.6 Å². The van der Waals surface area contributed by atoms with E-state index in [0.29, 0.717) is 6.42 Å². The fourth-order valence-corrected chi connectivity index (χ4v) is 1.77. The van der Waals surface area contributed by atoms with Gasteiger partial charge in [-0.2, -0.15) is 0 Å². The molecular formula is C12H11NO2S. The fourth-order valence-electron chi connectivity index (χ4n) is 1.60. The van der Waals surface area contributed by atoms with E-state index in [1.54, 1.807) is 12.2 Å². The van der Waals surface area contributed by atoms with Crippen LogP contribution in [0, 0.1) is 10.1 Å². The van der Waals surface area contributed by atoms with Gasteiger partial charge in [0, 0.05) is 11.0 Å². The average Bonchev–Trinajstić information content (AvgIpc) is 2.31. The molecule has 0 saturated heterocycles. The topological polar surface area (TPSA) is 43.1 Å². The minimum Gasteiger partial charge on any atom is -0.263 e. The zero-order valence-corrected chi connectivity index (χ0v) is 9.43. The molecule has 2 rings (SSSR count). The number of rotatable bonds is 2. The highest BCUT2D eigenvalue weighted by atomic mass is 32.1. The highest BCUT2D eigenvalue weighted by Crippen LogP contribution is 2.31. The predicted octanol–water partition coefficient (Wildman–Crippen LogP) is 2.93. The van der Waals surface area contributed by atoms with Crippen LogP contribution >= 0.6 is 12.6 Å². The molecule has 1 aliphatic rings. The second kappa shape index (κ2) is 4.14. The molecule has 0 amide bonds. The second-order valence-electron chi connectivity index (χ2n) is 3.70. The molecule has 4 heteroatoms. The van der Waals surface area contributed by atoms with Crippen LogP contribution in [0.25, 0.3) is 5.57 Å². The third-order valence-corrected chi connectivity index (χ3v) is 3.07. The van der Waals surface area contributed by atoms with Crippen LogP contribution in [-0.4, -0.2) is 9.79 Å². The van der Waals surface area contributed by atoms with Gasteiger partial charge in [0.2, 0.25) is 0 Å². The molecule has 1 unspecified atom stereocenters. The molecule has 1 aromatic carbocycles. The molecular weight excluding hydrogens is 222 g/mol. The summed E-state index contributed by atoms with van der Waals surface area (Å²) >= 11 is 4.07. The molecule has 0 N–H and O–H groups in total. The summed E-state index contributed by atoms with van der Waals surface area (Å²) in [4.78, 5) is 9.15. The maximum atomic E-state index is 10.8. The van der Waals surface area contributed by atoms with Gasteiger partial charge >= 0.3 is 0 Å². The number of benzene rings is 1. The quantitative estimate of drug-likeness (QED) is 0.369. The minimum atomic E-state index is -1.25. The van der Waals surface area contributed by atoms with Crippen LogP contribution in [0.1, 0.15) is 12.0 Å². The molecule has 1 aliphatic carbocycles. The van der Waals surface area contributed by atoms with Gasteiger partial charge in [0.1, 0.15) is 0 Å². The van der Waals surface area contributed by atoms with Gasteiger partial charge in [-0.05, 0) is 11.1 Å². The van der Waals surface area contributed by atoms with Crippen molar-refractivity contribution in [3.63, 3.8) is 0 Å². The molecule has 0 aromatic heterocycles. The van der Waals surface area contributed by atoms with E-state index in [1.807, 2.05) is 36.4 Å². The lowest BCUT2D eigenvalue weighted by Gasteiger charge is -2.18. The first-order valence-corrected chi connectivity index (χ1v) is 5.38. The fraction of sp³-hybridized carbons (Fsp3) is 0.167. The molecule has 1 aromatic rings. The van der Waals surface area contributed by atoms with Crippen molar-refractivity contribution in [1.82, 2.24) is 0 Å². The van der Waals surface area contributed by atoms with Gasteiger partial charge in [0.25, 0.3) is 4.87 Å². The monoisotopic (exact) mass is 233 g/mol. The van der Waals surface area contributed by atoms with Crippen molar-refractivity contribution in [2.45, 2.75) is 11.3 Å². The van der Waals surface area contributed by atoms with Gasteiger partial charge in [0.05, 0.1) is 6.42 Å². The summed E-state index contributed by atoms with van der Waals surface area (Å²) in [5, 5.41) is 10.8. The number of thiol groups is 1. The Morgan fingerprint density at radius 3 is 2.50 bits per heavy atom. The summed E-state index contributed by atoms with van der Waals surface area (Å²) in [6.07, 6.45) is 5.46. The molecule has 1 atom stereocenters. The van der Waals surface area contributed by atoms with Crippen molar-refractivity contribution in [2.24, 2.45) is 0 Å². The SMILES string of the molecule is O=[N+]([O-])C1(S)C=CC(c2ccccc2)=CC1. The van der Waals surface area contributed by atoms with Crippen LogP contribution in [0.4, 0.5) is 0 Å². The Bertz CT molecular complexity index is 467. The smallest absolute Gasteiger partial charge is 0.263 e. The first-order valence-electron chi connectivity index (χ1n) is 4.93. The lowest BCUT2D eigenvalue weighted by Crippen LogP contribution is -2.30. The number of allylic oxidation sites excluding steroid dienone is 2. The number of hydrogen-bond donors (Lipinski definition) is 1. The third-order valence-electron chi connectivity index (χ3n) is 2.58. The third kappa shape index (κ3) is 2.02. The van der Waals surface area contributed by atoms with Crippen molar-refractivity contribution < 1.29 is 4.92 Å². The second-order valence-corrected chi connectivity index (χ2v) is 4.47. The summed E-state index contributed by atoms with van der Waals surface area (Å²) < 4.78 is 0. The highest BCUT2D eigenvalue weighted by Gasteiger charge is 2.36. The Kier molecular flexibility index (Phi) is 2.83. The Morgan fingerprint density at radius 1 is 1.31 bits per heavy atom. The average molecular weight is 233 g/mol. The summed E-state index contributed by atoms with van der Waals surface area (Å²) in [6, 6.07) is 9.79. The van der Waals surface area contributed by atoms with E-state index in [0.717, 1.165) is 11.1 Å². The van der Waals surface area contributed by atoms with Crippen LogP contribution < -0.4 is 0 Å².